The zero-order valence-corrected chi connectivity index (χ0v) is 22.9. The summed E-state index contributed by atoms with van der Waals surface area (Å²) in [5.74, 6) is -9.29. The van der Waals surface area contributed by atoms with Crippen LogP contribution >= 0.6 is 11.6 Å². The number of amides is 1. The van der Waals surface area contributed by atoms with E-state index in [-0.39, 0.29) is 28.3 Å². The van der Waals surface area contributed by atoms with Crippen molar-refractivity contribution >= 4 is 33.2 Å². The number of hydrogen-bond donors (Lipinski definition) is 1. The molecule has 2 aromatic rings. The van der Waals surface area contributed by atoms with E-state index in [2.05, 4.69) is 0 Å². The summed E-state index contributed by atoms with van der Waals surface area (Å²) in [5, 5.41) is 2.01. The van der Waals surface area contributed by atoms with Crippen molar-refractivity contribution in [1.82, 2.24) is 5.32 Å². The fraction of sp³-hybridized carbons (Fsp3) is 0.400. The molecule has 4 nitrogen and oxygen atoms in total. The summed E-state index contributed by atoms with van der Waals surface area (Å²) in [6.45, 7) is 3.77. The number of carbonyl (C=O) groups excluding carboxylic acids is 1. The van der Waals surface area contributed by atoms with Gasteiger partial charge in [0.25, 0.3) is 5.91 Å². The standard InChI is InChI=1S/C25H22ClF10NO3S/c1-12-6-16(7-13(2)21(12)26)18(24(31,32)33)9-20(27)15-4-5-17(19(8-15)25(34,35)36)22(38)37-14(3)10-41(39,40)11-23(28,29)30/h4-9,14,18H,10-11H2,1-3H3,(H,37,38)/b20-9-/t14-,18?/m1/s1. The third kappa shape index (κ3) is 9.62. The summed E-state index contributed by atoms with van der Waals surface area (Å²) in [5.41, 5.74) is -3.81. The smallest absolute Gasteiger partial charge is 0.349 e. The number of benzene rings is 2. The van der Waals surface area contributed by atoms with Gasteiger partial charge in [-0.2, -0.15) is 39.5 Å². The Morgan fingerprint density at radius 3 is 1.98 bits per heavy atom. The molecule has 1 unspecified atom stereocenters. The monoisotopic (exact) mass is 641 g/mol. The van der Waals surface area contributed by atoms with E-state index in [1.807, 2.05) is 5.32 Å². The van der Waals surface area contributed by atoms with Crippen LogP contribution < -0.4 is 5.32 Å². The Balaban J connectivity index is 2.46. The van der Waals surface area contributed by atoms with Gasteiger partial charge in [-0.3, -0.25) is 4.79 Å². The third-order valence-electron chi connectivity index (χ3n) is 5.59. The van der Waals surface area contributed by atoms with E-state index in [0.29, 0.717) is 12.1 Å². The van der Waals surface area contributed by atoms with Gasteiger partial charge in [0.05, 0.1) is 16.9 Å². The molecule has 228 valence electrons. The van der Waals surface area contributed by atoms with Gasteiger partial charge in [0.15, 0.2) is 9.84 Å². The molecule has 0 aliphatic rings. The van der Waals surface area contributed by atoms with E-state index < -0.39 is 85.8 Å². The Morgan fingerprint density at radius 1 is 0.976 bits per heavy atom. The normalized spacial score (nSPS) is 15.0. The average Bonchev–Trinajstić information content (AvgIpc) is 2.76. The minimum absolute atomic E-state index is 0.0743. The van der Waals surface area contributed by atoms with Crippen molar-refractivity contribution in [1.29, 1.82) is 0 Å². The Labute approximate surface area is 233 Å². The molecule has 0 aliphatic carbocycles. The topological polar surface area (TPSA) is 63.2 Å². The Morgan fingerprint density at radius 2 is 1.51 bits per heavy atom. The largest absolute Gasteiger partial charge is 0.417 e. The summed E-state index contributed by atoms with van der Waals surface area (Å²) in [4.78, 5) is 12.5. The molecule has 0 bridgehead atoms. The molecule has 1 amide bonds. The highest BCUT2D eigenvalue weighted by molar-refractivity contribution is 7.91. The minimum Gasteiger partial charge on any atom is -0.349 e. The molecule has 2 aromatic carbocycles. The van der Waals surface area contributed by atoms with Crippen LogP contribution in [0.2, 0.25) is 5.02 Å². The number of aryl methyl sites for hydroxylation is 2. The van der Waals surface area contributed by atoms with Crippen LogP contribution in [0.4, 0.5) is 43.9 Å². The molecule has 0 radical (unpaired) electrons. The van der Waals surface area contributed by atoms with Crippen molar-refractivity contribution in [3.05, 3.63) is 74.8 Å². The van der Waals surface area contributed by atoms with E-state index in [0.717, 1.165) is 19.1 Å². The van der Waals surface area contributed by atoms with Gasteiger partial charge in [0, 0.05) is 16.6 Å². The highest BCUT2D eigenvalue weighted by Crippen LogP contribution is 2.41. The second-order valence-electron chi connectivity index (χ2n) is 9.30. The van der Waals surface area contributed by atoms with Crippen LogP contribution in [0.25, 0.3) is 5.83 Å². The van der Waals surface area contributed by atoms with Crippen LogP contribution in [-0.2, 0) is 16.0 Å². The third-order valence-corrected chi connectivity index (χ3v) is 7.97. The highest BCUT2D eigenvalue weighted by Gasteiger charge is 2.41. The van der Waals surface area contributed by atoms with Gasteiger partial charge in [0.2, 0.25) is 0 Å². The predicted molar refractivity (Wildman–Crippen MR) is 132 cm³/mol. The van der Waals surface area contributed by atoms with Crippen molar-refractivity contribution in [2.45, 2.75) is 51.3 Å². The number of alkyl halides is 9. The lowest BCUT2D eigenvalue weighted by atomic mass is 9.93. The maximum absolute atomic E-state index is 15.0. The molecule has 0 heterocycles. The average molecular weight is 642 g/mol. The van der Waals surface area contributed by atoms with Crippen LogP contribution in [0.5, 0.6) is 0 Å². The lowest BCUT2D eigenvalue weighted by Crippen LogP contribution is -2.40. The van der Waals surface area contributed by atoms with Crippen LogP contribution in [0.15, 0.2) is 36.4 Å². The molecule has 2 rings (SSSR count). The number of halogens is 11. The molecule has 1 N–H and O–H groups in total. The molecule has 2 atom stereocenters. The summed E-state index contributed by atoms with van der Waals surface area (Å²) in [6, 6.07) is 1.71. The fourth-order valence-electron chi connectivity index (χ4n) is 3.94. The molecule has 0 aliphatic heterocycles. The van der Waals surface area contributed by atoms with Crippen molar-refractivity contribution in [2.24, 2.45) is 0 Å². The molecule has 0 spiro atoms. The molecule has 0 saturated carbocycles. The number of nitrogens with one attached hydrogen (secondary N) is 1. The lowest BCUT2D eigenvalue weighted by Gasteiger charge is -2.20. The minimum atomic E-state index is -5.33. The van der Waals surface area contributed by atoms with Gasteiger partial charge >= 0.3 is 18.5 Å². The maximum Gasteiger partial charge on any atom is 0.417 e. The van der Waals surface area contributed by atoms with E-state index in [4.69, 9.17) is 11.6 Å². The number of sulfone groups is 1. The van der Waals surface area contributed by atoms with E-state index in [1.165, 1.54) is 13.8 Å². The van der Waals surface area contributed by atoms with Gasteiger partial charge in [-0.05, 0) is 55.7 Å². The fourth-order valence-corrected chi connectivity index (χ4v) is 5.51. The molecule has 41 heavy (non-hydrogen) atoms. The Hall–Kier alpha value is -2.81. The van der Waals surface area contributed by atoms with E-state index >= 15 is 4.39 Å². The quantitative estimate of drug-likeness (QED) is 0.300. The van der Waals surface area contributed by atoms with E-state index in [9.17, 15) is 52.7 Å². The first kappa shape index (κ1) is 34.4. The van der Waals surface area contributed by atoms with Crippen LogP contribution in [0, 0.1) is 13.8 Å². The molecule has 0 saturated heterocycles. The molecule has 16 heteroatoms. The second-order valence-corrected chi connectivity index (χ2v) is 11.8. The van der Waals surface area contributed by atoms with Gasteiger partial charge in [-0.1, -0.05) is 29.8 Å². The molecule has 0 aromatic heterocycles. The van der Waals surface area contributed by atoms with Gasteiger partial charge in [-0.25, -0.2) is 12.8 Å². The van der Waals surface area contributed by atoms with Gasteiger partial charge in [-0.15, -0.1) is 0 Å². The van der Waals surface area contributed by atoms with Crippen molar-refractivity contribution in [2.75, 3.05) is 11.5 Å². The first-order valence-corrected chi connectivity index (χ1v) is 13.6. The summed E-state index contributed by atoms with van der Waals surface area (Å²) >= 11 is 5.97. The SMILES string of the molecule is Cc1cc(C(/C=C(\F)c2ccc(C(=O)N[C@H](C)CS(=O)(=O)CC(F)(F)F)c(C(F)(F)F)c2)C(F)(F)F)cc(C)c1Cl. The summed E-state index contributed by atoms with van der Waals surface area (Å²) < 4.78 is 158. The van der Waals surface area contributed by atoms with Crippen LogP contribution in [0.3, 0.4) is 0 Å². The Bertz CT molecular complexity index is 1410. The predicted octanol–water partition coefficient (Wildman–Crippen LogP) is 7.73. The summed E-state index contributed by atoms with van der Waals surface area (Å²) in [6.07, 6.45) is -15.4. The van der Waals surface area contributed by atoms with Crippen molar-refractivity contribution < 1.29 is 57.1 Å². The molecular weight excluding hydrogens is 620 g/mol. The first-order chi connectivity index (χ1) is 18.4. The Kier molecular flexibility index (Phi) is 10.2. The molecule has 0 fully saturated rings. The lowest BCUT2D eigenvalue weighted by molar-refractivity contribution is -0.140. The zero-order chi connectivity index (χ0) is 31.7. The number of allylic oxidation sites excluding steroid dienone is 1. The number of carbonyl (C=O) groups is 1. The molecular formula is C25H22ClF10NO3S. The number of hydrogen-bond acceptors (Lipinski definition) is 3. The van der Waals surface area contributed by atoms with E-state index in [1.54, 1.807) is 0 Å². The van der Waals surface area contributed by atoms with Gasteiger partial charge < -0.3 is 5.32 Å². The zero-order valence-electron chi connectivity index (χ0n) is 21.3. The maximum atomic E-state index is 15.0. The number of rotatable bonds is 8. The first-order valence-electron chi connectivity index (χ1n) is 11.4. The van der Waals surface area contributed by atoms with Crippen LogP contribution in [-0.4, -0.2) is 44.2 Å². The highest BCUT2D eigenvalue weighted by atomic mass is 35.5. The van der Waals surface area contributed by atoms with Crippen molar-refractivity contribution in [3.63, 3.8) is 0 Å². The van der Waals surface area contributed by atoms with Crippen LogP contribution in [0.1, 0.15) is 51.0 Å². The van der Waals surface area contributed by atoms with Gasteiger partial charge in [0.1, 0.15) is 17.5 Å². The summed E-state index contributed by atoms with van der Waals surface area (Å²) in [7, 11) is -4.80. The second kappa shape index (κ2) is 12.2. The van der Waals surface area contributed by atoms with Crippen molar-refractivity contribution in [3.8, 4) is 0 Å².